The van der Waals surface area contributed by atoms with Gasteiger partial charge in [0, 0.05) is 11.8 Å². The van der Waals surface area contributed by atoms with Crippen molar-refractivity contribution in [2.45, 2.75) is 0 Å². The van der Waals surface area contributed by atoms with Gasteiger partial charge in [-0.25, -0.2) is 4.39 Å². The van der Waals surface area contributed by atoms with E-state index in [-0.39, 0.29) is 23.5 Å². The Hall–Kier alpha value is -2.57. The largest absolute Gasteiger partial charge is 0.481 e. The summed E-state index contributed by atoms with van der Waals surface area (Å²) in [6.07, 6.45) is 0. The lowest BCUT2D eigenvalue weighted by Gasteiger charge is -2.08. The monoisotopic (exact) mass is 265 g/mol. The predicted octanol–water partition coefficient (Wildman–Crippen LogP) is 2.01. The van der Waals surface area contributed by atoms with E-state index in [4.69, 9.17) is 19.9 Å². The number of halogens is 1. The number of anilines is 1. The molecule has 6 nitrogen and oxygen atoms in total. The summed E-state index contributed by atoms with van der Waals surface area (Å²) in [6, 6.07) is 5.44. The smallest absolute Gasteiger partial charge is 0.328 e. The quantitative estimate of drug-likeness (QED) is 0.852. The van der Waals surface area contributed by atoms with Gasteiger partial charge < -0.3 is 19.9 Å². The summed E-state index contributed by atoms with van der Waals surface area (Å²) in [5, 5.41) is 0. The van der Waals surface area contributed by atoms with Crippen molar-refractivity contribution in [3.05, 3.63) is 30.1 Å². The average molecular weight is 265 g/mol. The van der Waals surface area contributed by atoms with Crippen LogP contribution in [0.3, 0.4) is 0 Å². The maximum atomic E-state index is 13.6. The van der Waals surface area contributed by atoms with Gasteiger partial charge in [0.2, 0.25) is 11.8 Å². The number of hydrogen-bond donors (Lipinski definition) is 1. The van der Waals surface area contributed by atoms with E-state index >= 15 is 0 Å². The molecular formula is C12H12FN3O3. The molecule has 1 heterocycles. The first-order valence-electron chi connectivity index (χ1n) is 5.32. The van der Waals surface area contributed by atoms with Gasteiger partial charge >= 0.3 is 6.01 Å². The summed E-state index contributed by atoms with van der Waals surface area (Å²) in [4.78, 5) is 7.85. The molecule has 0 fully saturated rings. The highest BCUT2D eigenvalue weighted by atomic mass is 19.1. The van der Waals surface area contributed by atoms with Crippen LogP contribution in [0.4, 0.5) is 10.1 Å². The Morgan fingerprint density at radius 1 is 1.05 bits per heavy atom. The summed E-state index contributed by atoms with van der Waals surface area (Å²) in [5.74, 6) is -0.148. The molecule has 0 unspecified atom stereocenters. The molecule has 1 aromatic carbocycles. The first-order chi connectivity index (χ1) is 9.12. The standard InChI is InChI=1S/C12H12FN3O3/c1-17-10-6-11(18-2)16-12(15-10)19-9-4-3-7(14)5-8(9)13/h3-6H,14H2,1-2H3. The average Bonchev–Trinajstić information content (AvgIpc) is 2.41. The fourth-order valence-electron chi connectivity index (χ4n) is 1.34. The Balaban J connectivity index is 2.31. The minimum atomic E-state index is -0.606. The third-order valence-electron chi connectivity index (χ3n) is 2.23. The van der Waals surface area contributed by atoms with E-state index in [1.165, 1.54) is 32.4 Å². The second-order valence-corrected chi connectivity index (χ2v) is 3.53. The molecule has 0 aliphatic rings. The van der Waals surface area contributed by atoms with E-state index in [1.54, 1.807) is 0 Å². The molecule has 0 amide bonds. The van der Waals surface area contributed by atoms with Crippen molar-refractivity contribution in [1.29, 1.82) is 0 Å². The van der Waals surface area contributed by atoms with Gasteiger partial charge in [-0.15, -0.1) is 0 Å². The zero-order chi connectivity index (χ0) is 13.8. The molecule has 0 bridgehead atoms. The van der Waals surface area contributed by atoms with Crippen molar-refractivity contribution in [2.75, 3.05) is 20.0 Å². The van der Waals surface area contributed by atoms with E-state index < -0.39 is 5.82 Å². The van der Waals surface area contributed by atoms with Gasteiger partial charge in [-0.3, -0.25) is 0 Å². The Morgan fingerprint density at radius 2 is 1.68 bits per heavy atom. The summed E-state index contributed by atoms with van der Waals surface area (Å²) < 4.78 is 28.7. The van der Waals surface area contributed by atoms with Crippen LogP contribution < -0.4 is 19.9 Å². The topological polar surface area (TPSA) is 79.5 Å². The van der Waals surface area contributed by atoms with Crippen molar-refractivity contribution in [3.8, 4) is 23.5 Å². The lowest BCUT2D eigenvalue weighted by molar-refractivity contribution is 0.343. The molecule has 7 heteroatoms. The van der Waals surface area contributed by atoms with Crippen molar-refractivity contribution in [3.63, 3.8) is 0 Å². The summed E-state index contributed by atoms with van der Waals surface area (Å²) >= 11 is 0. The minimum absolute atomic E-state index is 0.0375. The lowest BCUT2D eigenvalue weighted by Crippen LogP contribution is -1.99. The second kappa shape index (κ2) is 5.38. The molecule has 0 saturated heterocycles. The number of ether oxygens (including phenoxy) is 3. The molecule has 0 aliphatic heterocycles. The Labute approximate surface area is 109 Å². The number of nitrogens with zero attached hydrogens (tertiary/aromatic N) is 2. The molecule has 0 saturated carbocycles. The van der Waals surface area contributed by atoms with Crippen molar-refractivity contribution in [1.82, 2.24) is 9.97 Å². The maximum absolute atomic E-state index is 13.6. The molecular weight excluding hydrogens is 253 g/mol. The molecule has 0 aliphatic carbocycles. The van der Waals surface area contributed by atoms with Gasteiger partial charge in [0.15, 0.2) is 11.6 Å². The third-order valence-corrected chi connectivity index (χ3v) is 2.23. The first-order valence-corrected chi connectivity index (χ1v) is 5.32. The summed E-state index contributed by atoms with van der Waals surface area (Å²) in [6.45, 7) is 0. The van der Waals surface area contributed by atoms with Gasteiger partial charge in [0.05, 0.1) is 20.3 Å². The number of rotatable bonds is 4. The maximum Gasteiger partial charge on any atom is 0.328 e. The Bertz CT molecular complexity index is 570. The fourth-order valence-corrected chi connectivity index (χ4v) is 1.34. The van der Waals surface area contributed by atoms with Crippen LogP contribution in [0.5, 0.6) is 23.5 Å². The molecule has 19 heavy (non-hydrogen) atoms. The van der Waals surface area contributed by atoms with E-state index in [0.29, 0.717) is 5.69 Å². The highest BCUT2D eigenvalue weighted by Crippen LogP contribution is 2.26. The van der Waals surface area contributed by atoms with Gasteiger partial charge in [0.1, 0.15) is 0 Å². The van der Waals surface area contributed by atoms with Crippen molar-refractivity contribution < 1.29 is 18.6 Å². The molecule has 0 spiro atoms. The number of nitrogens with two attached hydrogens (primary N) is 1. The van der Waals surface area contributed by atoms with E-state index in [2.05, 4.69) is 9.97 Å². The zero-order valence-corrected chi connectivity index (χ0v) is 10.4. The number of aromatic nitrogens is 2. The molecule has 100 valence electrons. The van der Waals surface area contributed by atoms with E-state index in [0.717, 1.165) is 6.07 Å². The predicted molar refractivity (Wildman–Crippen MR) is 66.0 cm³/mol. The Kier molecular flexibility index (Phi) is 3.65. The first kappa shape index (κ1) is 12.9. The summed E-state index contributed by atoms with van der Waals surface area (Å²) in [5.41, 5.74) is 5.75. The van der Waals surface area contributed by atoms with Crippen LogP contribution in [0, 0.1) is 5.82 Å². The van der Waals surface area contributed by atoms with E-state index in [9.17, 15) is 4.39 Å². The van der Waals surface area contributed by atoms with Gasteiger partial charge in [0.25, 0.3) is 0 Å². The minimum Gasteiger partial charge on any atom is -0.481 e. The normalized spacial score (nSPS) is 10.1. The number of methoxy groups -OCH3 is 2. The molecule has 2 N–H and O–H groups in total. The van der Waals surface area contributed by atoms with Crippen molar-refractivity contribution >= 4 is 5.69 Å². The highest BCUT2D eigenvalue weighted by molar-refractivity contribution is 5.43. The van der Waals surface area contributed by atoms with E-state index in [1.807, 2.05) is 0 Å². The van der Waals surface area contributed by atoms with Crippen LogP contribution in [-0.2, 0) is 0 Å². The van der Waals surface area contributed by atoms with Gasteiger partial charge in [-0.1, -0.05) is 0 Å². The van der Waals surface area contributed by atoms with Gasteiger partial charge in [-0.05, 0) is 12.1 Å². The molecule has 0 atom stereocenters. The van der Waals surface area contributed by atoms with Crippen LogP contribution in [0.15, 0.2) is 24.3 Å². The number of benzene rings is 1. The number of nitrogen functional groups attached to an aromatic ring is 1. The van der Waals surface area contributed by atoms with Crippen LogP contribution in [0.2, 0.25) is 0 Å². The molecule has 2 rings (SSSR count). The van der Waals surface area contributed by atoms with Gasteiger partial charge in [-0.2, -0.15) is 9.97 Å². The fraction of sp³-hybridized carbons (Fsp3) is 0.167. The second-order valence-electron chi connectivity index (χ2n) is 3.53. The summed E-state index contributed by atoms with van der Waals surface area (Å²) in [7, 11) is 2.88. The molecule has 1 aromatic heterocycles. The van der Waals surface area contributed by atoms with Crippen molar-refractivity contribution in [2.24, 2.45) is 0 Å². The highest BCUT2D eigenvalue weighted by Gasteiger charge is 2.10. The van der Waals surface area contributed by atoms with Crippen LogP contribution in [0.25, 0.3) is 0 Å². The Morgan fingerprint density at radius 3 is 2.21 bits per heavy atom. The zero-order valence-electron chi connectivity index (χ0n) is 10.4. The molecule has 0 radical (unpaired) electrons. The SMILES string of the molecule is COc1cc(OC)nc(Oc2ccc(N)cc2F)n1. The number of hydrogen-bond acceptors (Lipinski definition) is 6. The van der Waals surface area contributed by atoms with Crippen LogP contribution in [-0.4, -0.2) is 24.2 Å². The third kappa shape index (κ3) is 3.01. The van der Waals surface area contributed by atoms with Crippen LogP contribution >= 0.6 is 0 Å². The van der Waals surface area contributed by atoms with Crippen LogP contribution in [0.1, 0.15) is 0 Å². The lowest BCUT2D eigenvalue weighted by atomic mass is 10.3. The molecule has 2 aromatic rings.